The van der Waals surface area contributed by atoms with Gasteiger partial charge in [-0.25, -0.2) is 0 Å². The van der Waals surface area contributed by atoms with Crippen LogP contribution >= 0.6 is 23.2 Å². The van der Waals surface area contributed by atoms with Crippen molar-refractivity contribution in [1.82, 2.24) is 0 Å². The molecule has 7 heteroatoms. The van der Waals surface area contributed by atoms with Crippen molar-refractivity contribution in [3.8, 4) is 0 Å². The molecular weight excluding hydrogens is 377 g/mol. The molecule has 0 bridgehead atoms. The number of esters is 1. The van der Waals surface area contributed by atoms with Crippen molar-refractivity contribution in [1.29, 1.82) is 0 Å². The highest BCUT2D eigenvalue weighted by molar-refractivity contribution is 6.42. The maximum Gasteiger partial charge on any atom is 0.311 e. The van der Waals surface area contributed by atoms with Crippen molar-refractivity contribution in [3.05, 3.63) is 63.6 Å². The van der Waals surface area contributed by atoms with E-state index in [1.54, 1.807) is 42.5 Å². The molecule has 0 aliphatic carbocycles. The third-order valence-corrected chi connectivity index (χ3v) is 4.29. The van der Waals surface area contributed by atoms with Crippen LogP contribution in [0.5, 0.6) is 0 Å². The zero-order valence-electron chi connectivity index (χ0n) is 14.2. The second-order valence-corrected chi connectivity index (χ2v) is 6.50. The Balaban J connectivity index is 1.93. The van der Waals surface area contributed by atoms with Crippen LogP contribution in [0.25, 0.3) is 0 Å². The van der Waals surface area contributed by atoms with Gasteiger partial charge < -0.3 is 10.1 Å². The molecule has 26 heavy (non-hydrogen) atoms. The van der Waals surface area contributed by atoms with Gasteiger partial charge in [0.25, 0.3) is 5.91 Å². The number of halogens is 2. The van der Waals surface area contributed by atoms with E-state index in [2.05, 4.69) is 5.32 Å². The van der Waals surface area contributed by atoms with Crippen LogP contribution < -0.4 is 5.32 Å². The monoisotopic (exact) mass is 393 g/mol. The van der Waals surface area contributed by atoms with Crippen molar-refractivity contribution in [3.63, 3.8) is 0 Å². The first kappa shape index (κ1) is 19.9. The molecule has 1 N–H and O–H groups in total. The van der Waals surface area contributed by atoms with Crippen molar-refractivity contribution in [2.75, 3.05) is 5.32 Å². The fourth-order valence-electron chi connectivity index (χ4n) is 2.17. The summed E-state index contributed by atoms with van der Waals surface area (Å²) < 4.78 is 5.14. The normalized spacial score (nSPS) is 11.5. The Morgan fingerprint density at radius 1 is 1.08 bits per heavy atom. The number of rotatable bonds is 6. The zero-order valence-corrected chi connectivity index (χ0v) is 15.7. The van der Waals surface area contributed by atoms with E-state index in [1.165, 1.54) is 13.8 Å². The van der Waals surface area contributed by atoms with E-state index in [9.17, 15) is 14.4 Å². The van der Waals surface area contributed by atoms with Crippen LogP contribution in [0.1, 0.15) is 29.8 Å². The second-order valence-electron chi connectivity index (χ2n) is 5.68. The van der Waals surface area contributed by atoms with Gasteiger partial charge in [0, 0.05) is 11.3 Å². The van der Waals surface area contributed by atoms with Crippen LogP contribution in [0, 0.1) is 0 Å². The van der Waals surface area contributed by atoms with Crippen LogP contribution in [0.2, 0.25) is 10.0 Å². The van der Waals surface area contributed by atoms with E-state index in [0.717, 1.165) is 0 Å². The van der Waals surface area contributed by atoms with Gasteiger partial charge in [0.05, 0.1) is 16.5 Å². The van der Waals surface area contributed by atoms with E-state index in [-0.39, 0.29) is 12.2 Å². The topological polar surface area (TPSA) is 72.5 Å². The predicted molar refractivity (Wildman–Crippen MR) is 101 cm³/mol. The summed E-state index contributed by atoms with van der Waals surface area (Å²) in [7, 11) is 0. The number of hydrogen-bond donors (Lipinski definition) is 1. The maximum absolute atomic E-state index is 12.2. The van der Waals surface area contributed by atoms with Crippen LogP contribution in [-0.2, 0) is 20.7 Å². The van der Waals surface area contributed by atoms with E-state index >= 15 is 0 Å². The lowest BCUT2D eigenvalue weighted by Crippen LogP contribution is -2.30. The molecule has 2 rings (SSSR count). The number of ether oxygens (including phenoxy) is 1. The lowest BCUT2D eigenvalue weighted by Gasteiger charge is -2.14. The first-order chi connectivity index (χ1) is 12.3. The standard InChI is InChI=1S/C19H17Cl2NO4/c1-11(23)14-4-3-5-15(10-14)22-19(25)12(2)26-18(24)9-13-6-7-16(20)17(21)8-13/h3-8,10,12H,9H2,1-2H3,(H,22,25)/t12-/m1/s1. The number of hydrogen-bond acceptors (Lipinski definition) is 4. The molecule has 2 aromatic carbocycles. The molecule has 2 aromatic rings. The average molecular weight is 394 g/mol. The minimum Gasteiger partial charge on any atom is -0.452 e. The molecule has 1 atom stereocenters. The molecule has 5 nitrogen and oxygen atoms in total. The molecule has 0 heterocycles. The number of ketones is 1. The van der Waals surface area contributed by atoms with Gasteiger partial charge in [0.1, 0.15) is 0 Å². The number of nitrogens with one attached hydrogen (secondary N) is 1. The summed E-state index contributed by atoms with van der Waals surface area (Å²) >= 11 is 11.7. The number of carbonyl (C=O) groups excluding carboxylic acids is 3. The van der Waals surface area contributed by atoms with Gasteiger partial charge in [0.15, 0.2) is 11.9 Å². The molecular formula is C19H17Cl2NO4. The molecule has 0 unspecified atom stereocenters. The Labute approximate surface area is 161 Å². The van der Waals surface area contributed by atoms with Gasteiger partial charge in [-0.05, 0) is 43.7 Å². The Kier molecular flexibility index (Phi) is 6.77. The van der Waals surface area contributed by atoms with E-state index in [4.69, 9.17) is 27.9 Å². The molecule has 0 aliphatic heterocycles. The summed E-state index contributed by atoms with van der Waals surface area (Å²) in [6.45, 7) is 2.91. The lowest BCUT2D eigenvalue weighted by molar-refractivity contribution is -0.152. The summed E-state index contributed by atoms with van der Waals surface area (Å²) in [4.78, 5) is 35.5. The number of anilines is 1. The fourth-order valence-corrected chi connectivity index (χ4v) is 2.49. The molecule has 1 amide bonds. The molecule has 136 valence electrons. The number of benzene rings is 2. The Bertz CT molecular complexity index is 851. The first-order valence-corrected chi connectivity index (χ1v) is 8.57. The van der Waals surface area contributed by atoms with Gasteiger partial charge in [0.2, 0.25) is 0 Å². The Morgan fingerprint density at radius 2 is 1.81 bits per heavy atom. The Morgan fingerprint density at radius 3 is 2.46 bits per heavy atom. The largest absolute Gasteiger partial charge is 0.452 e. The van der Waals surface area contributed by atoms with Crippen LogP contribution in [0.4, 0.5) is 5.69 Å². The number of amides is 1. The predicted octanol–water partition coefficient (Wildman–Crippen LogP) is 4.31. The van der Waals surface area contributed by atoms with Crippen molar-refractivity contribution in [2.24, 2.45) is 0 Å². The van der Waals surface area contributed by atoms with Crippen LogP contribution in [0.15, 0.2) is 42.5 Å². The lowest BCUT2D eigenvalue weighted by atomic mass is 10.1. The highest BCUT2D eigenvalue weighted by Gasteiger charge is 2.18. The van der Waals surface area contributed by atoms with Crippen LogP contribution in [0.3, 0.4) is 0 Å². The third kappa shape index (κ3) is 5.58. The maximum atomic E-state index is 12.2. The average Bonchev–Trinajstić information content (AvgIpc) is 2.58. The Hall–Kier alpha value is -2.37. The molecule has 0 aromatic heterocycles. The van der Waals surface area contributed by atoms with Crippen molar-refractivity contribution < 1.29 is 19.1 Å². The van der Waals surface area contributed by atoms with Gasteiger partial charge >= 0.3 is 5.97 Å². The molecule has 0 saturated heterocycles. The number of Topliss-reactive ketones (excluding diaryl/α,β-unsaturated/α-hetero) is 1. The highest BCUT2D eigenvalue weighted by atomic mass is 35.5. The molecule has 0 fully saturated rings. The SMILES string of the molecule is CC(=O)c1cccc(NC(=O)[C@@H](C)OC(=O)Cc2ccc(Cl)c(Cl)c2)c1. The minimum atomic E-state index is -0.994. The summed E-state index contributed by atoms with van der Waals surface area (Å²) in [5.74, 6) is -1.17. The molecule has 0 radical (unpaired) electrons. The van der Waals surface area contributed by atoms with Gasteiger partial charge in [-0.15, -0.1) is 0 Å². The second kappa shape index (κ2) is 8.83. The number of carbonyl (C=O) groups is 3. The highest BCUT2D eigenvalue weighted by Crippen LogP contribution is 2.23. The van der Waals surface area contributed by atoms with Gasteiger partial charge in [-0.2, -0.15) is 0 Å². The minimum absolute atomic E-state index is 0.0334. The third-order valence-electron chi connectivity index (χ3n) is 3.55. The van der Waals surface area contributed by atoms with Gasteiger partial charge in [-0.1, -0.05) is 41.4 Å². The zero-order chi connectivity index (χ0) is 19.3. The van der Waals surface area contributed by atoms with E-state index < -0.39 is 18.0 Å². The van der Waals surface area contributed by atoms with Crippen LogP contribution in [-0.4, -0.2) is 23.8 Å². The fraction of sp³-hybridized carbons (Fsp3) is 0.211. The molecule has 0 spiro atoms. The summed E-state index contributed by atoms with van der Waals surface area (Å²) in [5.41, 5.74) is 1.56. The smallest absolute Gasteiger partial charge is 0.311 e. The molecule has 0 aliphatic rings. The van der Waals surface area contributed by atoms with E-state index in [0.29, 0.717) is 26.9 Å². The van der Waals surface area contributed by atoms with Gasteiger partial charge in [-0.3, -0.25) is 14.4 Å². The molecule has 0 saturated carbocycles. The summed E-state index contributed by atoms with van der Waals surface area (Å²) in [5, 5.41) is 3.35. The quantitative estimate of drug-likeness (QED) is 0.586. The van der Waals surface area contributed by atoms with Crippen molar-refractivity contribution >= 4 is 46.5 Å². The summed E-state index contributed by atoms with van der Waals surface area (Å²) in [6, 6.07) is 11.3. The van der Waals surface area contributed by atoms with E-state index in [1.807, 2.05) is 0 Å². The first-order valence-electron chi connectivity index (χ1n) is 7.81. The van der Waals surface area contributed by atoms with Crippen molar-refractivity contribution in [2.45, 2.75) is 26.4 Å². The summed E-state index contributed by atoms with van der Waals surface area (Å²) in [6.07, 6.45) is -1.03.